The number of hydrogen-bond acceptors (Lipinski definition) is 8. The lowest BCUT2D eigenvalue weighted by atomic mass is 9.46. The second kappa shape index (κ2) is 11.4. The number of aliphatic hydroxyl groups is 2. The van der Waals surface area contributed by atoms with Gasteiger partial charge in [-0.25, -0.2) is 4.79 Å². The molecule has 9 atom stereocenters. The zero-order valence-corrected chi connectivity index (χ0v) is 24.4. The molecule has 0 heterocycles. The number of hydrogen-bond donors (Lipinski definition) is 4. The number of amides is 1. The van der Waals surface area contributed by atoms with E-state index in [9.17, 15) is 39.3 Å². The van der Waals surface area contributed by atoms with Crippen molar-refractivity contribution in [1.29, 1.82) is 0 Å². The number of carbonyl (C=O) groups excluding carboxylic acids is 4. The number of ketones is 2. The van der Waals surface area contributed by atoms with Crippen LogP contribution in [0.5, 0.6) is 0 Å². The van der Waals surface area contributed by atoms with Crippen molar-refractivity contribution in [2.45, 2.75) is 96.8 Å². The molecule has 10 heteroatoms. The molecule has 3 fully saturated rings. The van der Waals surface area contributed by atoms with Crippen LogP contribution in [0.3, 0.4) is 0 Å². The van der Waals surface area contributed by atoms with Gasteiger partial charge in [0.25, 0.3) is 0 Å². The molecule has 226 valence electrons. The fraction of sp³-hybridized carbons (Fsp3) is 0.710. The minimum Gasteiger partial charge on any atom is -0.480 e. The van der Waals surface area contributed by atoms with Crippen LogP contribution in [0.15, 0.2) is 23.8 Å². The van der Waals surface area contributed by atoms with E-state index in [1.54, 1.807) is 19.1 Å². The lowest BCUT2D eigenvalue weighted by molar-refractivity contribution is -0.181. The molecule has 0 unspecified atom stereocenters. The van der Waals surface area contributed by atoms with E-state index in [0.29, 0.717) is 12.8 Å². The van der Waals surface area contributed by atoms with Crippen molar-refractivity contribution in [1.82, 2.24) is 5.32 Å². The van der Waals surface area contributed by atoms with Crippen LogP contribution in [0.25, 0.3) is 0 Å². The number of carboxylic acids is 1. The van der Waals surface area contributed by atoms with Gasteiger partial charge in [-0.1, -0.05) is 45.8 Å². The van der Waals surface area contributed by atoms with Crippen molar-refractivity contribution in [3.8, 4) is 0 Å². The number of aliphatic hydroxyl groups excluding tert-OH is 1. The topological polar surface area (TPSA) is 167 Å². The number of carbonyl (C=O) groups is 5. The summed E-state index contributed by atoms with van der Waals surface area (Å²) in [6.07, 6.45) is 6.76. The Bertz CT molecular complexity index is 1180. The Morgan fingerprint density at radius 3 is 2.54 bits per heavy atom. The largest absolute Gasteiger partial charge is 0.480 e. The van der Waals surface area contributed by atoms with Gasteiger partial charge < -0.3 is 25.4 Å². The average molecular weight is 574 g/mol. The maximum Gasteiger partial charge on any atom is 0.326 e. The van der Waals surface area contributed by atoms with E-state index in [2.05, 4.69) is 12.2 Å². The Labute approximate surface area is 240 Å². The smallest absolute Gasteiger partial charge is 0.326 e. The van der Waals surface area contributed by atoms with Crippen LogP contribution in [0.4, 0.5) is 0 Å². The molecular formula is C31H43NO9. The summed E-state index contributed by atoms with van der Waals surface area (Å²) in [5, 5.41) is 35.0. The Morgan fingerprint density at radius 1 is 1.17 bits per heavy atom. The maximum absolute atomic E-state index is 13.4. The highest BCUT2D eigenvalue weighted by molar-refractivity contribution is 6.01. The molecule has 0 bridgehead atoms. The molecule has 4 N–H and O–H groups in total. The van der Waals surface area contributed by atoms with E-state index >= 15 is 0 Å². The first-order valence-corrected chi connectivity index (χ1v) is 14.7. The average Bonchev–Trinajstić information content (AvgIpc) is 3.19. The number of fused-ring (bicyclic) bond motifs is 5. The zero-order valence-electron chi connectivity index (χ0n) is 24.4. The first-order chi connectivity index (χ1) is 19.2. The van der Waals surface area contributed by atoms with Crippen LogP contribution in [-0.2, 0) is 28.7 Å². The molecule has 0 aromatic heterocycles. The van der Waals surface area contributed by atoms with E-state index in [-0.39, 0.29) is 55.1 Å². The summed E-state index contributed by atoms with van der Waals surface area (Å²) in [6, 6.07) is -1.06. The Hall–Kier alpha value is -2.85. The molecule has 3 saturated carbocycles. The summed E-state index contributed by atoms with van der Waals surface area (Å²) in [6.45, 7) is 6.78. The second-order valence-electron chi connectivity index (χ2n) is 13.0. The SMILES string of the molecule is CC[C@@H](C)[C@H](NC(=O)CCC(=O)OCC(=O)[C@@]1(O)CC[C@H]2[C@@H]3CCC4=CC(=O)C=C[C@]4(C)[C@@H]3[C@@H](O)C[C@@]21C)C(=O)O. The summed E-state index contributed by atoms with van der Waals surface area (Å²) in [5.41, 5.74) is -2.12. The molecule has 0 aliphatic heterocycles. The molecule has 0 radical (unpaired) electrons. The van der Waals surface area contributed by atoms with Gasteiger partial charge in [0.05, 0.1) is 12.5 Å². The third kappa shape index (κ3) is 5.41. The van der Waals surface area contributed by atoms with Gasteiger partial charge >= 0.3 is 11.9 Å². The first kappa shape index (κ1) is 31.1. The summed E-state index contributed by atoms with van der Waals surface area (Å²) in [7, 11) is 0. The van der Waals surface area contributed by atoms with Gasteiger partial charge in [0.2, 0.25) is 11.7 Å². The van der Waals surface area contributed by atoms with E-state index in [0.717, 1.165) is 18.4 Å². The van der Waals surface area contributed by atoms with Crippen LogP contribution in [0.1, 0.15) is 79.1 Å². The minimum atomic E-state index is -1.78. The van der Waals surface area contributed by atoms with Crippen molar-refractivity contribution < 1.29 is 44.0 Å². The molecule has 0 spiro atoms. The number of rotatable bonds is 10. The molecule has 4 rings (SSSR count). The summed E-state index contributed by atoms with van der Waals surface area (Å²) < 4.78 is 5.15. The number of carboxylic acid groups (broad SMARTS) is 1. The van der Waals surface area contributed by atoms with Crippen molar-refractivity contribution in [3.05, 3.63) is 23.8 Å². The van der Waals surface area contributed by atoms with E-state index in [1.165, 1.54) is 0 Å². The van der Waals surface area contributed by atoms with Gasteiger partial charge in [0, 0.05) is 23.2 Å². The first-order valence-electron chi connectivity index (χ1n) is 14.7. The molecule has 0 aromatic carbocycles. The fourth-order valence-corrected chi connectivity index (χ4v) is 8.27. The quantitative estimate of drug-likeness (QED) is 0.287. The van der Waals surface area contributed by atoms with Gasteiger partial charge in [-0.05, 0) is 62.0 Å². The normalized spacial score (nSPS) is 37.1. The van der Waals surface area contributed by atoms with Gasteiger partial charge in [0.1, 0.15) is 11.6 Å². The summed E-state index contributed by atoms with van der Waals surface area (Å²) in [4.78, 5) is 61.4. The van der Waals surface area contributed by atoms with E-state index in [4.69, 9.17) is 4.74 Å². The molecule has 0 saturated heterocycles. The molecule has 0 aromatic rings. The molecule has 4 aliphatic rings. The van der Waals surface area contributed by atoms with Gasteiger partial charge in [-0.15, -0.1) is 0 Å². The number of allylic oxidation sites excluding steroid dienone is 4. The molecule has 4 aliphatic carbocycles. The minimum absolute atomic E-state index is 0.0265. The number of esters is 1. The number of nitrogens with one attached hydrogen (secondary N) is 1. The fourth-order valence-electron chi connectivity index (χ4n) is 8.27. The monoisotopic (exact) mass is 573 g/mol. The van der Waals surface area contributed by atoms with Crippen molar-refractivity contribution in [2.75, 3.05) is 6.61 Å². The molecule has 41 heavy (non-hydrogen) atoms. The van der Waals surface area contributed by atoms with Gasteiger partial charge in [-0.2, -0.15) is 0 Å². The van der Waals surface area contributed by atoms with E-state index in [1.807, 2.05) is 19.9 Å². The highest BCUT2D eigenvalue weighted by Crippen LogP contribution is 2.67. The molecule has 10 nitrogen and oxygen atoms in total. The highest BCUT2D eigenvalue weighted by atomic mass is 16.5. The second-order valence-corrected chi connectivity index (χ2v) is 13.0. The predicted molar refractivity (Wildman–Crippen MR) is 147 cm³/mol. The van der Waals surface area contributed by atoms with Crippen LogP contribution in [-0.4, -0.2) is 69.1 Å². The van der Waals surface area contributed by atoms with E-state index < -0.39 is 58.8 Å². The molecule has 1 amide bonds. The Morgan fingerprint density at radius 2 is 1.88 bits per heavy atom. The third-order valence-corrected chi connectivity index (χ3v) is 10.8. The summed E-state index contributed by atoms with van der Waals surface area (Å²) in [5.74, 6) is -3.61. The van der Waals surface area contributed by atoms with Gasteiger partial charge in [0.15, 0.2) is 12.4 Å². The maximum atomic E-state index is 13.4. The number of aliphatic carboxylic acids is 1. The molecular weight excluding hydrogens is 530 g/mol. The Balaban J connectivity index is 1.37. The van der Waals surface area contributed by atoms with Gasteiger partial charge in [-0.3, -0.25) is 19.2 Å². The lowest BCUT2D eigenvalue weighted by Crippen LogP contribution is -2.61. The van der Waals surface area contributed by atoms with Crippen molar-refractivity contribution in [2.24, 2.45) is 34.5 Å². The van der Waals surface area contributed by atoms with Crippen molar-refractivity contribution in [3.63, 3.8) is 0 Å². The van der Waals surface area contributed by atoms with Crippen LogP contribution in [0.2, 0.25) is 0 Å². The van der Waals surface area contributed by atoms with Crippen LogP contribution < -0.4 is 5.32 Å². The lowest BCUT2D eigenvalue weighted by Gasteiger charge is -2.59. The highest BCUT2D eigenvalue weighted by Gasteiger charge is 2.68. The predicted octanol–water partition coefficient (Wildman–Crippen LogP) is 2.50. The number of ether oxygens (including phenoxy) is 1. The van der Waals surface area contributed by atoms with Crippen LogP contribution >= 0.6 is 0 Å². The standard InChI is InChI=1S/C31H43NO9/c1-5-17(2)27(28(38)39)32-24(36)8-9-25(37)41-16-23(35)31(40)13-11-21-20-7-6-18-14-19(33)10-12-29(18,3)26(20)22(34)15-30(21,31)4/h10,12,14,17,20-22,26-27,34,40H,5-9,11,13,15-16H2,1-4H3,(H,32,36)(H,38,39)/t17-,20+,21+,22+,26+,27+,29+,30+,31+/m1/s1. The third-order valence-electron chi connectivity index (χ3n) is 10.8. The summed E-state index contributed by atoms with van der Waals surface area (Å²) >= 11 is 0. The van der Waals surface area contributed by atoms with Crippen LogP contribution in [0, 0.1) is 34.5 Å². The van der Waals surface area contributed by atoms with Crippen molar-refractivity contribution >= 4 is 29.4 Å². The Kier molecular flexibility index (Phi) is 8.67. The zero-order chi connectivity index (χ0) is 30.3. The number of Topliss-reactive ketones (excluding diaryl/α,β-unsaturated/α-hetero) is 1.